The number of ether oxygens (including phenoxy) is 2. The Hall–Kier alpha value is -2.35. The fourth-order valence-corrected chi connectivity index (χ4v) is 8.04. The predicted molar refractivity (Wildman–Crippen MR) is 143 cm³/mol. The van der Waals surface area contributed by atoms with Crippen LogP contribution < -0.4 is 5.32 Å². The zero-order valence-electron chi connectivity index (χ0n) is 22.0. The minimum Gasteiger partial charge on any atom is -0.378 e. The fourth-order valence-electron chi connectivity index (χ4n) is 4.81. The van der Waals surface area contributed by atoms with E-state index in [0.717, 1.165) is 0 Å². The fraction of sp³-hybridized carbons (Fsp3) is 0.500. The molecule has 2 aromatic carbocycles. The molecule has 4 atom stereocenters. The lowest BCUT2D eigenvalue weighted by atomic mass is 10.1. The van der Waals surface area contributed by atoms with Gasteiger partial charge in [-0.2, -0.15) is 8.61 Å². The summed E-state index contributed by atoms with van der Waals surface area (Å²) in [6.07, 6.45) is -0.806. The van der Waals surface area contributed by atoms with E-state index in [1.54, 1.807) is 24.3 Å². The standard InChI is InChI=1S/C26H35N3O7S2/c1-18-14-28(15-19(2)35-18)37(31,32)24-10-8-23(9-11-24)27-13-26(30)22-6-5-7-25(12-22)38(33,34)29-16-20(3)36-21(4)17-29/h5-12,18-21,27H,13-17H2,1-4H3. The first-order valence-corrected chi connectivity index (χ1v) is 15.5. The van der Waals surface area contributed by atoms with Crippen molar-refractivity contribution >= 4 is 31.5 Å². The van der Waals surface area contributed by atoms with Gasteiger partial charge in [0.05, 0.1) is 40.8 Å². The van der Waals surface area contributed by atoms with Crippen LogP contribution in [0.3, 0.4) is 0 Å². The van der Waals surface area contributed by atoms with Crippen molar-refractivity contribution in [3.05, 3.63) is 54.1 Å². The number of hydrogen-bond donors (Lipinski definition) is 1. The summed E-state index contributed by atoms with van der Waals surface area (Å²) >= 11 is 0. The van der Waals surface area contributed by atoms with Crippen molar-refractivity contribution in [2.24, 2.45) is 0 Å². The predicted octanol–water partition coefficient (Wildman–Crippen LogP) is 2.58. The number of ketones is 1. The number of nitrogens with one attached hydrogen (secondary N) is 1. The molecule has 2 aliphatic heterocycles. The normalized spacial score (nSPS) is 25.7. The molecule has 2 aromatic rings. The molecule has 0 amide bonds. The summed E-state index contributed by atoms with van der Waals surface area (Å²) in [5.41, 5.74) is 0.837. The Balaban J connectivity index is 1.40. The zero-order chi connectivity index (χ0) is 27.7. The number of morpholine rings is 2. The van der Waals surface area contributed by atoms with E-state index in [2.05, 4.69) is 5.32 Å². The second-order valence-corrected chi connectivity index (χ2v) is 13.9. The van der Waals surface area contributed by atoms with Gasteiger partial charge in [0.25, 0.3) is 0 Å². The molecule has 2 saturated heterocycles. The Bertz CT molecular complexity index is 1340. The summed E-state index contributed by atoms with van der Waals surface area (Å²) in [4.78, 5) is 13.1. The van der Waals surface area contributed by atoms with E-state index < -0.39 is 20.0 Å². The molecule has 4 rings (SSSR count). The maximum absolute atomic E-state index is 13.2. The molecule has 0 spiro atoms. The first-order chi connectivity index (χ1) is 17.9. The molecule has 2 heterocycles. The van der Waals surface area contributed by atoms with E-state index in [1.165, 1.54) is 32.9 Å². The summed E-state index contributed by atoms with van der Waals surface area (Å²) in [7, 11) is -7.44. The zero-order valence-corrected chi connectivity index (χ0v) is 23.7. The van der Waals surface area contributed by atoms with Crippen molar-refractivity contribution in [2.45, 2.75) is 61.9 Å². The number of sulfonamides is 2. The molecule has 4 unspecified atom stereocenters. The molecule has 208 valence electrons. The largest absolute Gasteiger partial charge is 0.378 e. The number of benzene rings is 2. The summed E-state index contributed by atoms with van der Waals surface area (Å²) in [6, 6.07) is 12.2. The van der Waals surface area contributed by atoms with Crippen LogP contribution in [0.15, 0.2) is 58.3 Å². The van der Waals surface area contributed by atoms with Crippen LogP contribution in [0.1, 0.15) is 38.1 Å². The highest BCUT2D eigenvalue weighted by Crippen LogP contribution is 2.24. The van der Waals surface area contributed by atoms with Gasteiger partial charge in [-0.15, -0.1) is 0 Å². The third kappa shape index (κ3) is 6.44. The molecular weight excluding hydrogens is 530 g/mol. The molecule has 1 N–H and O–H groups in total. The topological polar surface area (TPSA) is 122 Å². The van der Waals surface area contributed by atoms with Crippen LogP contribution >= 0.6 is 0 Å². The molecule has 0 saturated carbocycles. The smallest absolute Gasteiger partial charge is 0.243 e. The Morgan fingerprint density at radius 1 is 0.763 bits per heavy atom. The van der Waals surface area contributed by atoms with Crippen LogP contribution in [-0.4, -0.2) is 88.4 Å². The van der Waals surface area contributed by atoms with Crippen molar-refractivity contribution < 1.29 is 31.1 Å². The molecule has 0 aliphatic carbocycles. The summed E-state index contributed by atoms with van der Waals surface area (Å²) in [5.74, 6) is -0.293. The maximum Gasteiger partial charge on any atom is 0.243 e. The van der Waals surface area contributed by atoms with Crippen molar-refractivity contribution in [2.75, 3.05) is 38.0 Å². The van der Waals surface area contributed by atoms with Crippen LogP contribution in [0.2, 0.25) is 0 Å². The van der Waals surface area contributed by atoms with Crippen LogP contribution in [-0.2, 0) is 29.5 Å². The number of carbonyl (C=O) groups excluding carboxylic acids is 1. The van der Waals surface area contributed by atoms with E-state index >= 15 is 0 Å². The van der Waals surface area contributed by atoms with Gasteiger partial charge in [-0.25, -0.2) is 16.8 Å². The molecule has 38 heavy (non-hydrogen) atoms. The number of Topliss-reactive ketones (excluding diaryl/α,β-unsaturated/α-hetero) is 1. The van der Waals surface area contributed by atoms with Gasteiger partial charge in [0.1, 0.15) is 0 Å². The lowest BCUT2D eigenvalue weighted by Crippen LogP contribution is -2.48. The number of anilines is 1. The summed E-state index contributed by atoms with van der Waals surface area (Å²) in [6.45, 7) is 8.35. The third-order valence-corrected chi connectivity index (χ3v) is 10.2. The first kappa shape index (κ1) is 28.7. The first-order valence-electron chi connectivity index (χ1n) is 12.6. The van der Waals surface area contributed by atoms with Crippen molar-refractivity contribution in [3.63, 3.8) is 0 Å². The van der Waals surface area contributed by atoms with E-state index in [0.29, 0.717) is 18.8 Å². The van der Waals surface area contributed by atoms with Crippen molar-refractivity contribution in [1.29, 1.82) is 0 Å². The van der Waals surface area contributed by atoms with E-state index in [1.807, 2.05) is 27.7 Å². The second-order valence-electron chi connectivity index (χ2n) is 9.99. The molecule has 0 aromatic heterocycles. The molecular formula is C26H35N3O7S2. The monoisotopic (exact) mass is 565 g/mol. The SMILES string of the molecule is CC1CN(S(=O)(=O)c2ccc(NCC(=O)c3cccc(S(=O)(=O)N4CC(C)OC(C)C4)c3)cc2)CC(C)O1. The lowest BCUT2D eigenvalue weighted by Gasteiger charge is -2.34. The van der Waals surface area contributed by atoms with Gasteiger partial charge in [0.15, 0.2) is 5.78 Å². The third-order valence-electron chi connectivity index (χ3n) is 6.51. The van der Waals surface area contributed by atoms with E-state index in [-0.39, 0.29) is 65.2 Å². The van der Waals surface area contributed by atoms with Crippen molar-refractivity contribution in [3.8, 4) is 0 Å². The molecule has 0 radical (unpaired) electrons. The Morgan fingerprint density at radius 2 is 1.24 bits per heavy atom. The molecule has 2 aliphatic rings. The van der Waals surface area contributed by atoms with Crippen LogP contribution in [0.25, 0.3) is 0 Å². The van der Waals surface area contributed by atoms with Gasteiger partial charge in [-0.1, -0.05) is 12.1 Å². The van der Waals surface area contributed by atoms with Gasteiger partial charge in [0, 0.05) is 37.4 Å². The maximum atomic E-state index is 13.2. The second kappa shape index (κ2) is 11.4. The summed E-state index contributed by atoms with van der Waals surface area (Å²) < 4.78 is 66.5. The minimum absolute atomic E-state index is 0.0611. The Labute approximate surface area is 225 Å². The van der Waals surface area contributed by atoms with Gasteiger partial charge < -0.3 is 14.8 Å². The van der Waals surface area contributed by atoms with Gasteiger partial charge in [0.2, 0.25) is 20.0 Å². The van der Waals surface area contributed by atoms with Crippen LogP contribution in [0.4, 0.5) is 5.69 Å². The van der Waals surface area contributed by atoms with Crippen LogP contribution in [0, 0.1) is 0 Å². The molecule has 12 heteroatoms. The van der Waals surface area contributed by atoms with Gasteiger partial charge >= 0.3 is 0 Å². The summed E-state index contributed by atoms with van der Waals surface area (Å²) in [5, 5.41) is 2.99. The molecule has 2 fully saturated rings. The number of rotatable bonds is 8. The van der Waals surface area contributed by atoms with E-state index in [4.69, 9.17) is 9.47 Å². The minimum atomic E-state index is -3.77. The highest BCUT2D eigenvalue weighted by Gasteiger charge is 2.33. The quantitative estimate of drug-likeness (QED) is 0.485. The molecule has 10 nitrogen and oxygen atoms in total. The Kier molecular flexibility index (Phi) is 8.60. The number of hydrogen-bond acceptors (Lipinski definition) is 8. The van der Waals surface area contributed by atoms with Crippen molar-refractivity contribution in [1.82, 2.24) is 8.61 Å². The average Bonchev–Trinajstić information content (AvgIpc) is 2.86. The molecule has 0 bridgehead atoms. The lowest BCUT2D eigenvalue weighted by molar-refractivity contribution is -0.0442. The van der Waals surface area contributed by atoms with Gasteiger partial charge in [-0.05, 0) is 64.1 Å². The highest BCUT2D eigenvalue weighted by molar-refractivity contribution is 7.89. The number of nitrogens with zero attached hydrogens (tertiary/aromatic N) is 2. The average molecular weight is 566 g/mol. The Morgan fingerprint density at radius 3 is 1.74 bits per heavy atom. The van der Waals surface area contributed by atoms with Crippen LogP contribution in [0.5, 0.6) is 0 Å². The van der Waals surface area contributed by atoms with Gasteiger partial charge in [-0.3, -0.25) is 4.79 Å². The number of carbonyl (C=O) groups is 1. The highest BCUT2D eigenvalue weighted by atomic mass is 32.2. The van der Waals surface area contributed by atoms with E-state index in [9.17, 15) is 21.6 Å².